The van der Waals surface area contributed by atoms with Crippen molar-refractivity contribution < 1.29 is 0 Å². The number of nitrogens with one attached hydrogen (secondary N) is 1. The predicted molar refractivity (Wildman–Crippen MR) is 86.8 cm³/mol. The van der Waals surface area contributed by atoms with Gasteiger partial charge in [0, 0.05) is 36.1 Å². The summed E-state index contributed by atoms with van der Waals surface area (Å²) in [5.74, 6) is 1.90. The fourth-order valence-corrected chi connectivity index (χ4v) is 2.12. The van der Waals surface area contributed by atoms with Crippen molar-refractivity contribution in [2.75, 3.05) is 0 Å². The largest absolute Gasteiger partial charge is 0.310 e. The summed E-state index contributed by atoms with van der Waals surface area (Å²) in [5.41, 5.74) is 2.39. The Bertz CT molecular complexity index is 605. The maximum Gasteiger partial charge on any atom is 0.138 e. The van der Waals surface area contributed by atoms with Gasteiger partial charge in [0.1, 0.15) is 11.6 Å². The van der Waals surface area contributed by atoms with Crippen molar-refractivity contribution >= 4 is 0 Å². The van der Waals surface area contributed by atoms with Gasteiger partial charge in [-0.3, -0.25) is 4.57 Å². The van der Waals surface area contributed by atoms with Crippen molar-refractivity contribution in [2.24, 2.45) is 0 Å². The number of rotatable bonds is 4. The van der Waals surface area contributed by atoms with Crippen LogP contribution in [-0.4, -0.2) is 20.6 Å². The average Bonchev–Trinajstić information content (AvgIpc) is 2.81. The monoisotopic (exact) mass is 286 g/mol. The minimum Gasteiger partial charge on any atom is -0.310 e. The zero-order valence-electron chi connectivity index (χ0n) is 13.9. The van der Waals surface area contributed by atoms with Crippen LogP contribution in [0.4, 0.5) is 0 Å². The summed E-state index contributed by atoms with van der Waals surface area (Å²) in [6, 6.07) is 4.81. The molecule has 114 valence electrons. The molecule has 0 amide bonds. The molecule has 2 aromatic heterocycles. The smallest absolute Gasteiger partial charge is 0.138 e. The summed E-state index contributed by atoms with van der Waals surface area (Å²) in [6.07, 6.45) is 3.77. The first kappa shape index (κ1) is 15.7. The van der Waals surface area contributed by atoms with Gasteiger partial charge >= 0.3 is 0 Å². The van der Waals surface area contributed by atoms with Crippen LogP contribution in [0, 0.1) is 6.92 Å². The Morgan fingerprint density at radius 3 is 2.48 bits per heavy atom. The fraction of sp³-hybridized carbons (Fsp3) is 0.529. The van der Waals surface area contributed by atoms with Gasteiger partial charge in [0.2, 0.25) is 0 Å². The molecular weight excluding hydrogens is 260 g/mol. The molecule has 0 aromatic carbocycles. The average molecular weight is 286 g/mol. The van der Waals surface area contributed by atoms with Crippen molar-refractivity contribution in [1.82, 2.24) is 19.9 Å². The Labute approximate surface area is 127 Å². The van der Waals surface area contributed by atoms with E-state index in [-0.39, 0.29) is 5.41 Å². The summed E-state index contributed by atoms with van der Waals surface area (Å²) in [7, 11) is 0. The minimum atomic E-state index is 0.0249. The van der Waals surface area contributed by atoms with Crippen LogP contribution in [0.25, 0.3) is 5.82 Å². The van der Waals surface area contributed by atoms with Crippen LogP contribution in [0.2, 0.25) is 0 Å². The van der Waals surface area contributed by atoms with E-state index in [0.717, 1.165) is 23.9 Å². The van der Waals surface area contributed by atoms with Gasteiger partial charge in [0.25, 0.3) is 0 Å². The second kappa shape index (κ2) is 5.98. The van der Waals surface area contributed by atoms with Crippen LogP contribution >= 0.6 is 0 Å². The molecule has 0 aliphatic carbocycles. The molecule has 0 bridgehead atoms. The highest BCUT2D eigenvalue weighted by Crippen LogP contribution is 2.23. The van der Waals surface area contributed by atoms with Crippen molar-refractivity contribution in [3.63, 3.8) is 0 Å². The van der Waals surface area contributed by atoms with Gasteiger partial charge in [-0.2, -0.15) is 0 Å². The molecule has 2 rings (SSSR count). The first-order chi connectivity index (χ1) is 9.77. The van der Waals surface area contributed by atoms with Crippen LogP contribution in [0.15, 0.2) is 24.5 Å². The molecule has 21 heavy (non-hydrogen) atoms. The van der Waals surface area contributed by atoms with Gasteiger partial charge in [-0.25, -0.2) is 9.97 Å². The lowest BCUT2D eigenvalue weighted by Crippen LogP contribution is -2.23. The molecule has 0 saturated carbocycles. The number of nitrogens with zero attached hydrogens (tertiary/aromatic N) is 3. The lowest BCUT2D eigenvalue weighted by molar-refractivity contribution is 0.559. The summed E-state index contributed by atoms with van der Waals surface area (Å²) in [5, 5.41) is 3.47. The van der Waals surface area contributed by atoms with E-state index in [9.17, 15) is 0 Å². The van der Waals surface area contributed by atoms with Gasteiger partial charge in [-0.1, -0.05) is 34.6 Å². The molecule has 0 saturated heterocycles. The lowest BCUT2D eigenvalue weighted by atomic mass is 9.90. The van der Waals surface area contributed by atoms with E-state index in [2.05, 4.69) is 57.1 Å². The zero-order chi connectivity index (χ0) is 15.6. The molecule has 0 unspecified atom stereocenters. The number of aryl methyl sites for hydroxylation is 1. The maximum absolute atomic E-state index is 4.83. The Kier molecular flexibility index (Phi) is 4.47. The van der Waals surface area contributed by atoms with Crippen LogP contribution in [0.1, 0.15) is 51.7 Å². The number of pyridine rings is 1. The molecule has 2 aromatic rings. The summed E-state index contributed by atoms with van der Waals surface area (Å²) >= 11 is 0. The molecule has 1 N–H and O–H groups in total. The minimum absolute atomic E-state index is 0.0249. The molecule has 4 nitrogen and oxygen atoms in total. The van der Waals surface area contributed by atoms with Crippen molar-refractivity contribution in [1.29, 1.82) is 0 Å². The zero-order valence-corrected chi connectivity index (χ0v) is 13.9. The first-order valence-corrected chi connectivity index (χ1v) is 7.52. The van der Waals surface area contributed by atoms with E-state index in [1.807, 2.05) is 23.9 Å². The van der Waals surface area contributed by atoms with Gasteiger partial charge in [-0.05, 0) is 24.6 Å². The van der Waals surface area contributed by atoms with Crippen LogP contribution < -0.4 is 5.32 Å². The van der Waals surface area contributed by atoms with E-state index in [0.29, 0.717) is 6.04 Å². The second-order valence-corrected chi connectivity index (χ2v) is 6.85. The van der Waals surface area contributed by atoms with Gasteiger partial charge in [-0.15, -0.1) is 0 Å². The standard InChI is InChI=1S/C17H26N4/c1-12(2)19-11-14-9-15(17(4,5)6)20-16(10-14)21-8-7-18-13(21)3/h7-10,12,19H,11H2,1-6H3. The Morgan fingerprint density at radius 2 is 1.95 bits per heavy atom. The number of imidazole rings is 1. The van der Waals surface area contributed by atoms with Gasteiger partial charge in [0.05, 0.1) is 0 Å². The molecule has 0 fully saturated rings. The number of hydrogen-bond acceptors (Lipinski definition) is 3. The van der Waals surface area contributed by atoms with Gasteiger partial charge < -0.3 is 5.32 Å². The Balaban J connectivity index is 2.45. The third kappa shape index (κ3) is 3.91. The predicted octanol–water partition coefficient (Wildman–Crippen LogP) is 3.37. The van der Waals surface area contributed by atoms with E-state index in [1.165, 1.54) is 5.56 Å². The normalized spacial score (nSPS) is 12.1. The summed E-state index contributed by atoms with van der Waals surface area (Å²) < 4.78 is 2.04. The molecule has 0 aliphatic heterocycles. The SMILES string of the molecule is Cc1nccn1-c1cc(CNC(C)C)cc(C(C)(C)C)n1. The number of hydrogen-bond donors (Lipinski definition) is 1. The van der Waals surface area contributed by atoms with E-state index >= 15 is 0 Å². The lowest BCUT2D eigenvalue weighted by Gasteiger charge is -2.21. The topological polar surface area (TPSA) is 42.7 Å². The Morgan fingerprint density at radius 1 is 1.24 bits per heavy atom. The highest BCUT2D eigenvalue weighted by Gasteiger charge is 2.18. The van der Waals surface area contributed by atoms with E-state index in [1.54, 1.807) is 0 Å². The molecule has 0 aliphatic rings. The summed E-state index contributed by atoms with van der Waals surface area (Å²) in [4.78, 5) is 9.13. The van der Waals surface area contributed by atoms with Crippen molar-refractivity contribution in [3.05, 3.63) is 41.6 Å². The highest BCUT2D eigenvalue weighted by atomic mass is 15.1. The number of aromatic nitrogens is 3. The molecule has 2 heterocycles. The van der Waals surface area contributed by atoms with Crippen LogP contribution in [0.3, 0.4) is 0 Å². The van der Waals surface area contributed by atoms with E-state index < -0.39 is 0 Å². The van der Waals surface area contributed by atoms with Crippen LogP contribution in [0.5, 0.6) is 0 Å². The fourth-order valence-electron chi connectivity index (χ4n) is 2.12. The quantitative estimate of drug-likeness (QED) is 0.937. The summed E-state index contributed by atoms with van der Waals surface area (Å²) in [6.45, 7) is 13.7. The van der Waals surface area contributed by atoms with Crippen LogP contribution in [-0.2, 0) is 12.0 Å². The highest BCUT2D eigenvalue weighted by molar-refractivity contribution is 5.34. The molecule has 0 spiro atoms. The molecule has 0 atom stereocenters. The third-order valence-electron chi connectivity index (χ3n) is 3.43. The van der Waals surface area contributed by atoms with Gasteiger partial charge in [0.15, 0.2) is 0 Å². The third-order valence-corrected chi connectivity index (χ3v) is 3.43. The maximum atomic E-state index is 4.83. The van der Waals surface area contributed by atoms with Crippen molar-refractivity contribution in [2.45, 2.75) is 59.5 Å². The molecule has 4 heteroatoms. The molecular formula is C17H26N4. The Hall–Kier alpha value is -1.68. The first-order valence-electron chi connectivity index (χ1n) is 7.52. The van der Waals surface area contributed by atoms with Crippen molar-refractivity contribution in [3.8, 4) is 5.82 Å². The molecule has 0 radical (unpaired) electrons. The van der Waals surface area contributed by atoms with E-state index in [4.69, 9.17) is 4.98 Å². The second-order valence-electron chi connectivity index (χ2n) is 6.85.